The molecule has 1 amide bonds. The molecule has 1 aromatic heterocycles. The Bertz CT molecular complexity index is 646. The molecule has 0 aliphatic heterocycles. The predicted octanol–water partition coefficient (Wildman–Crippen LogP) is 3.76. The van der Waals surface area contributed by atoms with E-state index in [0.717, 1.165) is 5.56 Å². The van der Waals surface area contributed by atoms with Crippen LogP contribution in [0.1, 0.15) is 57.6 Å². The molecular formula is C20H27NO4. The Morgan fingerprint density at radius 1 is 1.20 bits per heavy atom. The minimum atomic E-state index is -0.760. The van der Waals surface area contributed by atoms with Crippen molar-refractivity contribution in [2.45, 2.75) is 58.0 Å². The molecule has 5 nitrogen and oxygen atoms in total. The molecule has 0 fully saturated rings. The van der Waals surface area contributed by atoms with Gasteiger partial charge in [-0.15, -0.1) is 0 Å². The minimum absolute atomic E-state index is 0.222. The first kappa shape index (κ1) is 19.2. The topological polar surface area (TPSA) is 71.7 Å². The second kappa shape index (κ2) is 8.32. The largest absolute Gasteiger partial charge is 0.467 e. The number of rotatable bonds is 7. The number of benzene rings is 1. The second-order valence-corrected chi connectivity index (χ2v) is 7.20. The average Bonchev–Trinajstić information content (AvgIpc) is 3.07. The molecular weight excluding hydrogens is 318 g/mol. The van der Waals surface area contributed by atoms with Crippen LogP contribution in [0.2, 0.25) is 0 Å². The summed E-state index contributed by atoms with van der Waals surface area (Å²) in [6, 6.07) is 12.6. The number of amides is 1. The van der Waals surface area contributed by atoms with Gasteiger partial charge in [-0.05, 0) is 45.4 Å². The third-order valence-corrected chi connectivity index (χ3v) is 3.65. The molecule has 0 bridgehead atoms. The molecule has 3 atom stereocenters. The van der Waals surface area contributed by atoms with Crippen molar-refractivity contribution in [3.63, 3.8) is 0 Å². The molecule has 0 aliphatic rings. The third kappa shape index (κ3) is 6.03. The summed E-state index contributed by atoms with van der Waals surface area (Å²) in [4.78, 5) is 12.8. The first-order valence-corrected chi connectivity index (χ1v) is 8.51. The van der Waals surface area contributed by atoms with E-state index in [9.17, 15) is 9.90 Å². The summed E-state index contributed by atoms with van der Waals surface area (Å²) in [6.45, 7) is 7.60. The third-order valence-electron chi connectivity index (χ3n) is 3.65. The van der Waals surface area contributed by atoms with Crippen LogP contribution in [0.15, 0.2) is 53.1 Å². The molecule has 0 saturated carbocycles. The molecule has 1 heterocycles. The van der Waals surface area contributed by atoms with Gasteiger partial charge in [0.15, 0.2) is 6.10 Å². The number of furan rings is 1. The maximum absolute atomic E-state index is 12.8. The van der Waals surface area contributed by atoms with Crippen molar-refractivity contribution in [1.29, 1.82) is 0 Å². The fourth-order valence-electron chi connectivity index (χ4n) is 2.56. The van der Waals surface area contributed by atoms with E-state index in [2.05, 4.69) is 5.32 Å². The Kier molecular flexibility index (Phi) is 6.39. The van der Waals surface area contributed by atoms with Crippen LogP contribution in [0.3, 0.4) is 0 Å². The van der Waals surface area contributed by atoms with Crippen LogP contribution in [0, 0.1) is 0 Å². The van der Waals surface area contributed by atoms with Crippen molar-refractivity contribution in [1.82, 2.24) is 5.32 Å². The molecule has 0 aliphatic carbocycles. The van der Waals surface area contributed by atoms with Crippen molar-refractivity contribution >= 4 is 5.91 Å². The highest BCUT2D eigenvalue weighted by atomic mass is 16.5. The first-order valence-electron chi connectivity index (χ1n) is 8.51. The fraction of sp³-hybridized carbons (Fsp3) is 0.450. The lowest BCUT2D eigenvalue weighted by Gasteiger charge is -2.28. The van der Waals surface area contributed by atoms with Gasteiger partial charge in [0.25, 0.3) is 5.91 Å². The summed E-state index contributed by atoms with van der Waals surface area (Å²) in [7, 11) is 0. The highest BCUT2D eigenvalue weighted by molar-refractivity contribution is 5.82. The van der Waals surface area contributed by atoms with E-state index in [4.69, 9.17) is 9.15 Å². The van der Waals surface area contributed by atoms with E-state index in [1.807, 2.05) is 58.0 Å². The summed E-state index contributed by atoms with van der Waals surface area (Å²) in [6.07, 6.45) is 0.411. The van der Waals surface area contributed by atoms with Crippen LogP contribution in [-0.2, 0) is 9.53 Å². The van der Waals surface area contributed by atoms with Crippen LogP contribution in [0.4, 0.5) is 0 Å². The molecule has 0 saturated heterocycles. The van der Waals surface area contributed by atoms with E-state index >= 15 is 0 Å². The molecule has 136 valence electrons. The fourth-order valence-corrected chi connectivity index (χ4v) is 2.56. The zero-order valence-corrected chi connectivity index (χ0v) is 15.2. The number of ether oxygens (including phenoxy) is 1. The number of aliphatic hydroxyl groups is 1. The number of hydrogen-bond acceptors (Lipinski definition) is 4. The molecule has 2 rings (SSSR count). The van der Waals surface area contributed by atoms with Gasteiger partial charge in [-0.2, -0.15) is 0 Å². The number of nitrogens with one attached hydrogen (secondary N) is 1. The standard InChI is InChI=1S/C20H27NO4/c1-14(13-16(22)17-11-8-12-24-17)21-19(23)18(25-20(2,3)4)15-9-6-5-7-10-15/h5-12,14,16,18,22H,13H2,1-4H3,(H,21,23). The SMILES string of the molecule is CC(CC(O)c1ccco1)NC(=O)C(OC(C)(C)C)c1ccccc1. The van der Waals surface area contributed by atoms with Crippen LogP contribution in [0.25, 0.3) is 0 Å². The lowest BCUT2D eigenvalue weighted by atomic mass is 10.0. The summed E-state index contributed by atoms with van der Waals surface area (Å²) >= 11 is 0. The molecule has 1 aromatic carbocycles. The van der Waals surface area contributed by atoms with Gasteiger partial charge in [0.1, 0.15) is 11.9 Å². The van der Waals surface area contributed by atoms with Crippen LogP contribution >= 0.6 is 0 Å². The monoisotopic (exact) mass is 345 g/mol. The zero-order valence-electron chi connectivity index (χ0n) is 15.2. The Labute approximate surface area is 149 Å². The number of aliphatic hydroxyl groups excluding tert-OH is 1. The highest BCUT2D eigenvalue weighted by Crippen LogP contribution is 2.25. The highest BCUT2D eigenvalue weighted by Gasteiger charge is 2.28. The van der Waals surface area contributed by atoms with E-state index in [-0.39, 0.29) is 11.9 Å². The van der Waals surface area contributed by atoms with E-state index in [0.29, 0.717) is 12.2 Å². The van der Waals surface area contributed by atoms with E-state index in [1.165, 1.54) is 6.26 Å². The number of carbonyl (C=O) groups excluding carboxylic acids is 1. The average molecular weight is 345 g/mol. The van der Waals surface area contributed by atoms with Gasteiger partial charge in [0.05, 0.1) is 11.9 Å². The Balaban J connectivity index is 2.03. The van der Waals surface area contributed by atoms with E-state index in [1.54, 1.807) is 12.1 Å². The molecule has 0 spiro atoms. The molecule has 5 heteroatoms. The maximum atomic E-state index is 12.8. The van der Waals surface area contributed by atoms with Crippen molar-refractivity contribution in [3.05, 3.63) is 60.1 Å². The normalized spacial score (nSPS) is 15.4. The van der Waals surface area contributed by atoms with Gasteiger partial charge >= 0.3 is 0 Å². The van der Waals surface area contributed by atoms with Crippen molar-refractivity contribution in [2.24, 2.45) is 0 Å². The molecule has 2 N–H and O–H groups in total. The van der Waals surface area contributed by atoms with Crippen LogP contribution in [0.5, 0.6) is 0 Å². The second-order valence-electron chi connectivity index (χ2n) is 7.20. The van der Waals surface area contributed by atoms with Gasteiger partial charge in [-0.25, -0.2) is 0 Å². The smallest absolute Gasteiger partial charge is 0.254 e. The summed E-state index contributed by atoms with van der Waals surface area (Å²) in [5, 5.41) is 13.1. The van der Waals surface area contributed by atoms with E-state index < -0.39 is 17.8 Å². The Morgan fingerprint density at radius 3 is 2.44 bits per heavy atom. The van der Waals surface area contributed by atoms with Crippen molar-refractivity contribution < 1.29 is 19.1 Å². The van der Waals surface area contributed by atoms with Crippen molar-refractivity contribution in [3.8, 4) is 0 Å². The van der Waals surface area contributed by atoms with Crippen LogP contribution < -0.4 is 5.32 Å². The summed E-state index contributed by atoms with van der Waals surface area (Å²) in [5.41, 5.74) is 0.336. The lowest BCUT2D eigenvalue weighted by molar-refractivity contribution is -0.144. The number of hydrogen-bond donors (Lipinski definition) is 2. The quantitative estimate of drug-likeness (QED) is 0.801. The van der Waals surface area contributed by atoms with Crippen LogP contribution in [-0.4, -0.2) is 22.7 Å². The lowest BCUT2D eigenvalue weighted by Crippen LogP contribution is -2.40. The van der Waals surface area contributed by atoms with Crippen molar-refractivity contribution in [2.75, 3.05) is 0 Å². The predicted molar refractivity (Wildman–Crippen MR) is 95.9 cm³/mol. The molecule has 0 radical (unpaired) electrons. The van der Waals surface area contributed by atoms with Gasteiger partial charge < -0.3 is 19.6 Å². The Morgan fingerprint density at radius 2 is 1.88 bits per heavy atom. The maximum Gasteiger partial charge on any atom is 0.254 e. The molecule has 3 unspecified atom stereocenters. The van der Waals surface area contributed by atoms with Gasteiger partial charge in [0, 0.05) is 12.5 Å². The summed E-state index contributed by atoms with van der Waals surface area (Å²) in [5.74, 6) is 0.270. The van der Waals surface area contributed by atoms with Gasteiger partial charge in [0.2, 0.25) is 0 Å². The number of carbonyl (C=O) groups is 1. The molecule has 2 aromatic rings. The zero-order chi connectivity index (χ0) is 18.4. The minimum Gasteiger partial charge on any atom is -0.467 e. The van der Waals surface area contributed by atoms with Gasteiger partial charge in [-0.1, -0.05) is 30.3 Å². The molecule has 25 heavy (non-hydrogen) atoms. The summed E-state index contributed by atoms with van der Waals surface area (Å²) < 4.78 is 11.2. The van der Waals surface area contributed by atoms with Gasteiger partial charge in [-0.3, -0.25) is 4.79 Å². The first-order chi connectivity index (χ1) is 11.8. The Hall–Kier alpha value is -2.11.